The molecule has 0 spiro atoms. The molecule has 0 bridgehead atoms. The number of carbonyl (C=O) groups excluding carboxylic acids is 2. The van der Waals surface area contributed by atoms with Gasteiger partial charge in [-0.15, -0.1) is 0 Å². The molecule has 0 aliphatic heterocycles. The molecular weight excluding hydrogens is 562 g/mol. The highest BCUT2D eigenvalue weighted by Crippen LogP contribution is 2.41. The fourth-order valence-electron chi connectivity index (χ4n) is 5.18. The number of nitrogens with zero attached hydrogens (tertiary/aromatic N) is 3. The predicted molar refractivity (Wildman–Crippen MR) is 153 cm³/mol. The van der Waals surface area contributed by atoms with Gasteiger partial charge in [-0.2, -0.15) is 0 Å². The quantitative estimate of drug-likeness (QED) is 0.195. The number of hydrogen-bond acceptors (Lipinski definition) is 10. The Morgan fingerprint density at radius 3 is 2.47 bits per heavy atom. The van der Waals surface area contributed by atoms with Crippen molar-refractivity contribution in [3.63, 3.8) is 0 Å². The number of pyridine rings is 3. The fourth-order valence-corrected chi connectivity index (χ4v) is 5.18. The molecule has 2 atom stereocenters. The Labute approximate surface area is 248 Å². The number of anilines is 2. The van der Waals surface area contributed by atoms with Crippen LogP contribution in [-0.4, -0.2) is 50.0 Å². The average Bonchev–Trinajstić information content (AvgIpc) is 2.96. The average molecular weight is 599 g/mol. The second-order valence-corrected chi connectivity index (χ2v) is 11.1. The SMILES string of the molecule is Cc1cc(Nc2cc(C(F)F)ccn2)nc(-c2ccc([C@](C)(O)[C@H]3CC[C@H](C(=O)OCOC(=O)CC(C)O)CC3)nc2)c1. The summed E-state index contributed by atoms with van der Waals surface area (Å²) in [5, 5.41) is 23.6. The molecule has 3 N–H and O–H groups in total. The van der Waals surface area contributed by atoms with Crippen molar-refractivity contribution < 1.29 is 38.1 Å². The van der Waals surface area contributed by atoms with Crippen LogP contribution >= 0.6 is 0 Å². The van der Waals surface area contributed by atoms with Gasteiger partial charge in [0.25, 0.3) is 6.43 Å². The van der Waals surface area contributed by atoms with Crippen LogP contribution in [0.15, 0.2) is 48.8 Å². The predicted octanol–water partition coefficient (Wildman–Crippen LogP) is 5.36. The van der Waals surface area contributed by atoms with E-state index >= 15 is 0 Å². The smallest absolute Gasteiger partial charge is 0.311 e. The van der Waals surface area contributed by atoms with Crippen LogP contribution in [-0.2, 0) is 24.7 Å². The zero-order valence-electron chi connectivity index (χ0n) is 24.3. The van der Waals surface area contributed by atoms with Gasteiger partial charge in [0.15, 0.2) is 0 Å². The van der Waals surface area contributed by atoms with Gasteiger partial charge in [-0.1, -0.05) is 0 Å². The molecule has 0 saturated heterocycles. The van der Waals surface area contributed by atoms with Gasteiger partial charge < -0.3 is 25.0 Å². The third-order valence-corrected chi connectivity index (χ3v) is 7.58. The molecule has 1 aliphatic rings. The molecule has 4 rings (SSSR count). The number of aryl methyl sites for hydroxylation is 1. The molecule has 1 unspecified atom stereocenters. The molecule has 0 radical (unpaired) electrons. The van der Waals surface area contributed by atoms with E-state index in [2.05, 4.69) is 20.3 Å². The minimum atomic E-state index is -2.61. The Bertz CT molecular complexity index is 1410. The van der Waals surface area contributed by atoms with Gasteiger partial charge in [0.05, 0.1) is 29.8 Å². The van der Waals surface area contributed by atoms with E-state index in [0.717, 1.165) is 5.56 Å². The lowest BCUT2D eigenvalue weighted by molar-refractivity contribution is -0.172. The van der Waals surface area contributed by atoms with E-state index in [0.29, 0.717) is 48.5 Å². The van der Waals surface area contributed by atoms with Gasteiger partial charge in [0.2, 0.25) is 6.79 Å². The molecular formula is C31H36F2N4O6. The van der Waals surface area contributed by atoms with Crippen LogP contribution in [0.25, 0.3) is 11.3 Å². The van der Waals surface area contributed by atoms with Crippen LogP contribution in [0, 0.1) is 18.8 Å². The molecule has 10 nitrogen and oxygen atoms in total. The third kappa shape index (κ3) is 8.51. The number of esters is 2. The first-order valence-corrected chi connectivity index (χ1v) is 14.1. The molecule has 3 heterocycles. The van der Waals surface area contributed by atoms with Crippen molar-refractivity contribution in [2.75, 3.05) is 12.1 Å². The molecule has 43 heavy (non-hydrogen) atoms. The lowest BCUT2D eigenvalue weighted by atomic mass is 9.73. The van der Waals surface area contributed by atoms with Crippen molar-refractivity contribution in [1.29, 1.82) is 0 Å². The number of alkyl halides is 2. The van der Waals surface area contributed by atoms with Crippen molar-refractivity contribution in [2.24, 2.45) is 11.8 Å². The largest absolute Gasteiger partial charge is 0.428 e. The molecule has 1 saturated carbocycles. The lowest BCUT2D eigenvalue weighted by Gasteiger charge is -2.37. The summed E-state index contributed by atoms with van der Waals surface area (Å²) in [4.78, 5) is 37.1. The monoisotopic (exact) mass is 598 g/mol. The highest BCUT2D eigenvalue weighted by Gasteiger charge is 2.39. The fraction of sp³-hybridized carbons (Fsp3) is 0.452. The summed E-state index contributed by atoms with van der Waals surface area (Å²) in [5.74, 6) is -0.901. The Balaban J connectivity index is 1.36. The standard InChI is InChI=1S/C31H36F2N4O6/c1-18-12-24(36-27(13-18)37-26-15-21(29(32)33)10-11-34-26)22-6-9-25(35-16-22)31(3,41)23-7-4-20(5-8-23)30(40)43-17-42-28(39)14-19(2)38/h6,9-13,15-16,19-20,23,29,38,41H,4-5,7-8,14,17H2,1-3H3,(H,34,36,37)/t19?,20-,23-,31-/m1/s1. The van der Waals surface area contributed by atoms with Crippen LogP contribution in [0.5, 0.6) is 0 Å². The minimum Gasteiger partial charge on any atom is -0.428 e. The Morgan fingerprint density at radius 2 is 1.81 bits per heavy atom. The molecule has 12 heteroatoms. The number of hydrogen-bond donors (Lipinski definition) is 3. The number of aliphatic hydroxyl groups excluding tert-OH is 1. The van der Waals surface area contributed by atoms with Crippen molar-refractivity contribution in [1.82, 2.24) is 15.0 Å². The molecule has 1 fully saturated rings. The molecule has 1 aliphatic carbocycles. The van der Waals surface area contributed by atoms with Gasteiger partial charge in [-0.3, -0.25) is 14.6 Å². The Hall–Kier alpha value is -4.03. The number of halogens is 2. The van der Waals surface area contributed by atoms with E-state index in [1.54, 1.807) is 25.3 Å². The summed E-state index contributed by atoms with van der Waals surface area (Å²) in [6.45, 7) is 4.58. The van der Waals surface area contributed by atoms with Crippen molar-refractivity contribution >= 4 is 23.6 Å². The van der Waals surface area contributed by atoms with Gasteiger partial charge in [-0.05, 0) is 94.3 Å². The maximum atomic E-state index is 13.1. The second kappa shape index (κ2) is 14.0. The van der Waals surface area contributed by atoms with E-state index < -0.39 is 36.9 Å². The van der Waals surface area contributed by atoms with E-state index in [9.17, 15) is 28.6 Å². The lowest BCUT2D eigenvalue weighted by Crippen LogP contribution is -2.37. The maximum absolute atomic E-state index is 13.1. The summed E-state index contributed by atoms with van der Waals surface area (Å²) in [6, 6.07) is 9.76. The number of carbonyl (C=O) groups is 2. The number of rotatable bonds is 11. The van der Waals surface area contributed by atoms with Gasteiger partial charge in [-0.25, -0.2) is 18.7 Å². The topological polar surface area (TPSA) is 144 Å². The summed E-state index contributed by atoms with van der Waals surface area (Å²) in [5.41, 5.74) is 1.33. The maximum Gasteiger partial charge on any atom is 0.311 e. The highest BCUT2D eigenvalue weighted by atomic mass is 19.3. The van der Waals surface area contributed by atoms with Crippen LogP contribution in [0.1, 0.15) is 69.2 Å². The van der Waals surface area contributed by atoms with Crippen LogP contribution < -0.4 is 5.32 Å². The van der Waals surface area contributed by atoms with Crippen LogP contribution in [0.4, 0.5) is 20.4 Å². The molecule has 3 aromatic rings. The summed E-state index contributed by atoms with van der Waals surface area (Å²) in [7, 11) is 0. The number of ether oxygens (including phenoxy) is 2. The Kier molecular flexibility index (Phi) is 10.4. The van der Waals surface area contributed by atoms with E-state index in [-0.39, 0.29) is 29.6 Å². The van der Waals surface area contributed by atoms with Gasteiger partial charge >= 0.3 is 11.9 Å². The van der Waals surface area contributed by atoms with Crippen molar-refractivity contribution in [3.05, 3.63) is 65.6 Å². The molecule has 0 amide bonds. The van der Waals surface area contributed by atoms with Crippen molar-refractivity contribution in [3.8, 4) is 11.3 Å². The van der Waals surface area contributed by atoms with Crippen molar-refractivity contribution in [2.45, 2.75) is 71.0 Å². The number of aromatic nitrogens is 3. The zero-order chi connectivity index (χ0) is 31.1. The first kappa shape index (κ1) is 31.9. The van der Waals surface area contributed by atoms with Gasteiger partial charge in [0, 0.05) is 23.5 Å². The van der Waals surface area contributed by atoms with Gasteiger partial charge in [0.1, 0.15) is 17.2 Å². The van der Waals surface area contributed by atoms with E-state index in [1.807, 2.05) is 19.1 Å². The van der Waals surface area contributed by atoms with Crippen LogP contribution in [0.2, 0.25) is 0 Å². The summed E-state index contributed by atoms with van der Waals surface area (Å²) >= 11 is 0. The molecule has 230 valence electrons. The third-order valence-electron chi connectivity index (χ3n) is 7.58. The first-order chi connectivity index (χ1) is 20.4. The Morgan fingerprint density at radius 1 is 1.07 bits per heavy atom. The second-order valence-electron chi connectivity index (χ2n) is 11.1. The normalized spacial score (nSPS) is 18.9. The number of aliphatic hydroxyl groups is 2. The molecule has 3 aromatic heterocycles. The van der Waals surface area contributed by atoms with E-state index in [4.69, 9.17) is 9.47 Å². The first-order valence-electron chi connectivity index (χ1n) is 14.1. The highest BCUT2D eigenvalue weighted by molar-refractivity contribution is 5.73. The summed E-state index contributed by atoms with van der Waals surface area (Å²) < 4.78 is 36.0. The minimum absolute atomic E-state index is 0.136. The van der Waals surface area contributed by atoms with Crippen LogP contribution in [0.3, 0.4) is 0 Å². The van der Waals surface area contributed by atoms with E-state index in [1.165, 1.54) is 25.3 Å². The number of nitrogens with one attached hydrogen (secondary N) is 1. The summed E-state index contributed by atoms with van der Waals surface area (Å²) in [6.07, 6.45) is 1.50. The molecule has 0 aromatic carbocycles. The zero-order valence-corrected chi connectivity index (χ0v) is 24.3.